The van der Waals surface area contributed by atoms with Crippen LogP contribution in [0, 0.1) is 0 Å². The first-order chi connectivity index (χ1) is 10.8. The lowest BCUT2D eigenvalue weighted by Crippen LogP contribution is -2.47. The summed E-state index contributed by atoms with van der Waals surface area (Å²) in [4.78, 5) is 12.0. The minimum atomic E-state index is -0.820. The van der Waals surface area contributed by atoms with Gasteiger partial charge in [0.2, 0.25) is 0 Å². The third-order valence-corrected chi connectivity index (χ3v) is 6.43. The minimum absolute atomic E-state index is 0.0961. The van der Waals surface area contributed by atoms with Gasteiger partial charge in [-0.2, -0.15) is 23.5 Å². The van der Waals surface area contributed by atoms with E-state index in [1.165, 1.54) is 5.56 Å². The van der Waals surface area contributed by atoms with Gasteiger partial charge in [-0.1, -0.05) is 32.9 Å². The first kappa shape index (κ1) is 18.5. The lowest BCUT2D eigenvalue weighted by molar-refractivity contribution is 0.0928. The van der Waals surface area contributed by atoms with Gasteiger partial charge in [0.1, 0.15) is 0 Å². The second-order valence-corrected chi connectivity index (χ2v) is 9.17. The molecule has 1 heterocycles. The maximum atomic E-state index is 12.0. The Morgan fingerprint density at radius 1 is 1.17 bits per heavy atom. The molecule has 0 unspecified atom stereocenters. The SMILES string of the molecule is CC(C)(C)c1ccc(NC(=O)NCC2(O)CSCCSC2)cc1. The highest BCUT2D eigenvalue weighted by molar-refractivity contribution is 8.03. The van der Waals surface area contributed by atoms with Crippen LogP contribution in [0.2, 0.25) is 0 Å². The van der Waals surface area contributed by atoms with Gasteiger partial charge in [-0.05, 0) is 23.1 Å². The topological polar surface area (TPSA) is 61.4 Å². The average Bonchev–Trinajstić information content (AvgIpc) is 2.70. The Bertz CT molecular complexity index is 518. The Balaban J connectivity index is 1.84. The molecule has 0 spiro atoms. The average molecular weight is 355 g/mol. The van der Waals surface area contributed by atoms with Crippen molar-refractivity contribution in [2.24, 2.45) is 0 Å². The predicted octanol–water partition coefficient (Wildman–Crippen LogP) is 3.32. The number of hydrogen-bond donors (Lipinski definition) is 3. The van der Waals surface area contributed by atoms with E-state index in [2.05, 4.69) is 31.4 Å². The van der Waals surface area contributed by atoms with Gasteiger partial charge in [-0.25, -0.2) is 4.79 Å². The van der Waals surface area contributed by atoms with Gasteiger partial charge in [0.15, 0.2) is 0 Å². The Labute approximate surface area is 147 Å². The summed E-state index contributed by atoms with van der Waals surface area (Å²) in [6.45, 7) is 6.75. The zero-order valence-electron chi connectivity index (χ0n) is 14.0. The third-order valence-electron chi connectivity index (χ3n) is 3.70. The van der Waals surface area contributed by atoms with Crippen LogP contribution in [0.3, 0.4) is 0 Å². The molecule has 2 amide bonds. The molecular formula is C17H26N2O2S2. The molecule has 0 bridgehead atoms. The van der Waals surface area contributed by atoms with Gasteiger partial charge in [0.25, 0.3) is 0 Å². The monoisotopic (exact) mass is 354 g/mol. The highest BCUT2D eigenvalue weighted by atomic mass is 32.2. The maximum absolute atomic E-state index is 12.0. The molecule has 1 aromatic rings. The number of carbonyl (C=O) groups is 1. The van der Waals surface area contributed by atoms with Crippen LogP contribution in [0.1, 0.15) is 26.3 Å². The van der Waals surface area contributed by atoms with E-state index < -0.39 is 5.60 Å². The summed E-state index contributed by atoms with van der Waals surface area (Å²) < 4.78 is 0. The number of nitrogens with one attached hydrogen (secondary N) is 2. The minimum Gasteiger partial charge on any atom is -0.386 e. The molecular weight excluding hydrogens is 328 g/mol. The van der Waals surface area contributed by atoms with Crippen LogP contribution < -0.4 is 10.6 Å². The number of amides is 2. The molecule has 0 aromatic heterocycles. The smallest absolute Gasteiger partial charge is 0.319 e. The van der Waals surface area contributed by atoms with Crippen molar-refractivity contribution < 1.29 is 9.90 Å². The van der Waals surface area contributed by atoms with Crippen molar-refractivity contribution in [1.82, 2.24) is 5.32 Å². The van der Waals surface area contributed by atoms with E-state index in [0.717, 1.165) is 17.2 Å². The molecule has 0 saturated carbocycles. The van der Waals surface area contributed by atoms with Gasteiger partial charge < -0.3 is 15.7 Å². The van der Waals surface area contributed by atoms with Gasteiger partial charge in [0.05, 0.1) is 5.60 Å². The van der Waals surface area contributed by atoms with Crippen LogP contribution in [0.4, 0.5) is 10.5 Å². The molecule has 1 aromatic carbocycles. The third kappa shape index (κ3) is 5.94. The molecule has 2 rings (SSSR count). The number of urea groups is 1. The molecule has 1 saturated heterocycles. The summed E-state index contributed by atoms with van der Waals surface area (Å²) >= 11 is 3.48. The van der Waals surface area contributed by atoms with E-state index in [0.29, 0.717) is 11.5 Å². The number of hydrogen-bond acceptors (Lipinski definition) is 4. The normalized spacial score (nSPS) is 18.1. The Morgan fingerprint density at radius 2 is 1.74 bits per heavy atom. The number of rotatable bonds is 3. The molecule has 0 aliphatic carbocycles. The second-order valence-electron chi connectivity index (χ2n) is 6.96. The second kappa shape index (κ2) is 7.81. The van der Waals surface area contributed by atoms with Gasteiger partial charge in [-0.15, -0.1) is 0 Å². The molecule has 1 aliphatic rings. The molecule has 23 heavy (non-hydrogen) atoms. The van der Waals surface area contributed by atoms with E-state index in [9.17, 15) is 9.90 Å². The molecule has 128 valence electrons. The van der Waals surface area contributed by atoms with Crippen molar-refractivity contribution in [3.8, 4) is 0 Å². The van der Waals surface area contributed by atoms with Crippen LogP contribution in [0.5, 0.6) is 0 Å². The fourth-order valence-electron chi connectivity index (χ4n) is 2.26. The zero-order chi connectivity index (χ0) is 16.9. The summed E-state index contributed by atoms with van der Waals surface area (Å²) in [7, 11) is 0. The van der Waals surface area contributed by atoms with E-state index in [1.54, 1.807) is 23.5 Å². The molecule has 0 radical (unpaired) electrons. The first-order valence-corrected chi connectivity index (χ1v) is 10.1. The van der Waals surface area contributed by atoms with E-state index >= 15 is 0 Å². The first-order valence-electron chi connectivity index (χ1n) is 7.82. The molecule has 4 nitrogen and oxygen atoms in total. The van der Waals surface area contributed by atoms with Crippen LogP contribution >= 0.6 is 23.5 Å². The van der Waals surface area contributed by atoms with Crippen molar-refractivity contribution >= 4 is 35.2 Å². The quantitative estimate of drug-likeness (QED) is 0.779. The summed E-state index contributed by atoms with van der Waals surface area (Å²) in [6.07, 6.45) is 0. The van der Waals surface area contributed by atoms with Crippen LogP contribution in [0.15, 0.2) is 24.3 Å². The van der Waals surface area contributed by atoms with Crippen molar-refractivity contribution in [2.75, 3.05) is 34.9 Å². The lowest BCUT2D eigenvalue weighted by Gasteiger charge is -2.25. The van der Waals surface area contributed by atoms with Crippen molar-refractivity contribution in [3.63, 3.8) is 0 Å². The summed E-state index contributed by atoms with van der Waals surface area (Å²) in [5.41, 5.74) is 1.26. The lowest BCUT2D eigenvalue weighted by atomic mass is 9.87. The molecule has 3 N–H and O–H groups in total. The van der Waals surface area contributed by atoms with Crippen LogP contribution in [0.25, 0.3) is 0 Å². The maximum Gasteiger partial charge on any atom is 0.319 e. The number of anilines is 1. The fraction of sp³-hybridized carbons (Fsp3) is 0.588. The van der Waals surface area contributed by atoms with E-state index in [1.807, 2.05) is 24.3 Å². The van der Waals surface area contributed by atoms with E-state index in [-0.39, 0.29) is 18.0 Å². The molecule has 0 atom stereocenters. The number of benzene rings is 1. The Kier molecular flexibility index (Phi) is 6.28. The Hall–Kier alpha value is -0.850. The standard InChI is InChI=1S/C17H26N2O2S2/c1-16(2,3)13-4-6-14(7-5-13)19-15(20)18-10-17(21)11-22-8-9-23-12-17/h4-7,21H,8-12H2,1-3H3,(H2,18,19,20). The van der Waals surface area contributed by atoms with Gasteiger partial charge in [0, 0.05) is 35.2 Å². The van der Waals surface area contributed by atoms with Crippen molar-refractivity contribution in [2.45, 2.75) is 31.8 Å². The highest BCUT2D eigenvalue weighted by Crippen LogP contribution is 2.25. The van der Waals surface area contributed by atoms with E-state index in [4.69, 9.17) is 0 Å². The predicted molar refractivity (Wildman–Crippen MR) is 102 cm³/mol. The molecule has 1 aliphatic heterocycles. The van der Waals surface area contributed by atoms with Crippen LogP contribution in [-0.4, -0.2) is 46.3 Å². The van der Waals surface area contributed by atoms with Gasteiger partial charge >= 0.3 is 6.03 Å². The van der Waals surface area contributed by atoms with Crippen molar-refractivity contribution in [3.05, 3.63) is 29.8 Å². The Morgan fingerprint density at radius 3 is 2.26 bits per heavy atom. The summed E-state index contributed by atoms with van der Waals surface area (Å²) in [5.74, 6) is 3.44. The molecule has 6 heteroatoms. The largest absolute Gasteiger partial charge is 0.386 e. The number of carbonyl (C=O) groups excluding carboxylic acids is 1. The van der Waals surface area contributed by atoms with Crippen molar-refractivity contribution in [1.29, 1.82) is 0 Å². The molecule has 1 fully saturated rings. The number of aliphatic hydroxyl groups is 1. The van der Waals surface area contributed by atoms with Gasteiger partial charge in [-0.3, -0.25) is 0 Å². The zero-order valence-corrected chi connectivity index (χ0v) is 15.6. The summed E-state index contributed by atoms with van der Waals surface area (Å²) in [6, 6.07) is 7.60. The number of thioether (sulfide) groups is 2. The summed E-state index contributed by atoms with van der Waals surface area (Å²) in [5, 5.41) is 16.1. The fourth-order valence-corrected chi connectivity index (χ4v) is 4.79. The highest BCUT2D eigenvalue weighted by Gasteiger charge is 2.29. The van der Waals surface area contributed by atoms with Crippen LogP contribution in [-0.2, 0) is 5.41 Å².